The number of ether oxygens (including phenoxy) is 4. The third kappa shape index (κ3) is 27.1. The van der Waals surface area contributed by atoms with Crippen molar-refractivity contribution in [3.63, 3.8) is 0 Å². The van der Waals surface area contributed by atoms with Gasteiger partial charge in [-0.25, -0.2) is 0 Å². The quantitative estimate of drug-likeness (QED) is 0.0273. The number of hydrogen-bond acceptors (Lipinski definition) is 10. The van der Waals surface area contributed by atoms with Gasteiger partial charge in [0.1, 0.15) is 31.0 Å². The Morgan fingerprint density at radius 3 is 1.48 bits per heavy atom. The molecule has 1 heterocycles. The molecule has 1 fully saturated rings. The molecule has 0 bridgehead atoms. The average molecular weight is 771 g/mol. The molecule has 0 amide bonds. The maximum absolute atomic E-state index is 12.7. The second kappa shape index (κ2) is 35.8. The highest BCUT2D eigenvalue weighted by Crippen LogP contribution is 2.23. The van der Waals surface area contributed by atoms with Crippen LogP contribution in [-0.4, -0.2) is 89.0 Å². The molecule has 10 nitrogen and oxygen atoms in total. The number of allylic oxidation sites excluding steroid dienone is 2. The van der Waals surface area contributed by atoms with Crippen LogP contribution >= 0.6 is 0 Å². The third-order valence-electron chi connectivity index (χ3n) is 10.4. The minimum Gasteiger partial charge on any atom is -0.462 e. The van der Waals surface area contributed by atoms with Crippen LogP contribution in [0.15, 0.2) is 12.2 Å². The van der Waals surface area contributed by atoms with E-state index in [2.05, 4.69) is 26.0 Å². The molecule has 0 aliphatic carbocycles. The maximum Gasteiger partial charge on any atom is 0.306 e. The molecule has 318 valence electrons. The molecule has 10 heteroatoms. The summed E-state index contributed by atoms with van der Waals surface area (Å²) in [5.74, 6) is -0.823. The highest BCUT2D eigenvalue weighted by Gasteiger charge is 2.44. The van der Waals surface area contributed by atoms with Crippen LogP contribution in [0.4, 0.5) is 0 Å². The van der Waals surface area contributed by atoms with Crippen LogP contribution in [-0.2, 0) is 28.5 Å². The molecule has 0 aromatic carbocycles. The fourth-order valence-corrected chi connectivity index (χ4v) is 6.83. The lowest BCUT2D eigenvalue weighted by Gasteiger charge is -2.39. The Labute approximate surface area is 329 Å². The van der Waals surface area contributed by atoms with E-state index in [0.717, 1.165) is 38.5 Å². The van der Waals surface area contributed by atoms with Crippen molar-refractivity contribution in [3.05, 3.63) is 12.2 Å². The lowest BCUT2D eigenvalue weighted by Crippen LogP contribution is -2.59. The predicted octanol–water partition coefficient (Wildman–Crippen LogP) is 9.17. The Morgan fingerprint density at radius 2 is 0.981 bits per heavy atom. The van der Waals surface area contributed by atoms with E-state index in [4.69, 9.17) is 18.9 Å². The minimum atomic E-state index is -1.59. The standard InChI is InChI=1S/C44H82O10/c1-3-5-7-9-11-13-15-17-19-21-22-24-26-28-30-32-39(46)51-35-37(36-52-44-43(50)42(49)41(48)38(34-45)54-44)53-40(47)33-31-29-27-25-23-20-18-16-14-12-10-8-6-4-2/h22,24,37-38,41-45,48-50H,3-21,23,25-36H2,1-2H3/b24-22+/t37-,38-,41+,42?,43?,44-/m0/s1. The van der Waals surface area contributed by atoms with Gasteiger partial charge in [-0.15, -0.1) is 0 Å². The SMILES string of the molecule is CCCCCCCCCCC/C=C/CCCCC(=O)OC[C@@H](CO[C@H]1O[C@@H](CO)[C@@H](O)C(O)C1O)OC(=O)CCCCCCCCCCCCCCCC. The normalized spacial score (nSPS) is 20.7. The molecule has 1 saturated heterocycles. The number of hydrogen-bond donors (Lipinski definition) is 4. The number of carbonyl (C=O) groups excluding carboxylic acids is 2. The monoisotopic (exact) mass is 771 g/mol. The number of aliphatic hydroxyl groups excluding tert-OH is 4. The highest BCUT2D eigenvalue weighted by molar-refractivity contribution is 5.70. The molecule has 0 aromatic heterocycles. The van der Waals surface area contributed by atoms with Crippen LogP contribution in [0.1, 0.15) is 200 Å². The van der Waals surface area contributed by atoms with Gasteiger partial charge in [0.2, 0.25) is 0 Å². The molecular weight excluding hydrogens is 688 g/mol. The zero-order valence-corrected chi connectivity index (χ0v) is 34.5. The Morgan fingerprint density at radius 1 is 0.556 bits per heavy atom. The molecular formula is C44H82O10. The molecule has 0 aromatic rings. The first kappa shape index (κ1) is 50.5. The van der Waals surface area contributed by atoms with Gasteiger partial charge in [0, 0.05) is 12.8 Å². The molecule has 0 spiro atoms. The van der Waals surface area contributed by atoms with E-state index in [9.17, 15) is 30.0 Å². The fraction of sp³-hybridized carbons (Fsp3) is 0.909. The van der Waals surface area contributed by atoms with Gasteiger partial charge >= 0.3 is 11.9 Å². The first-order chi connectivity index (χ1) is 26.3. The molecule has 0 saturated carbocycles. The van der Waals surface area contributed by atoms with Gasteiger partial charge in [-0.1, -0.05) is 161 Å². The molecule has 4 N–H and O–H groups in total. The molecule has 1 aliphatic rings. The largest absolute Gasteiger partial charge is 0.462 e. The van der Waals surface area contributed by atoms with Crippen LogP contribution in [0, 0.1) is 0 Å². The molecule has 6 atom stereocenters. The molecule has 54 heavy (non-hydrogen) atoms. The van der Waals surface area contributed by atoms with E-state index in [1.165, 1.54) is 122 Å². The summed E-state index contributed by atoms with van der Waals surface area (Å²) in [6.45, 7) is 3.41. The van der Waals surface area contributed by atoms with Crippen molar-refractivity contribution in [2.24, 2.45) is 0 Å². The van der Waals surface area contributed by atoms with Gasteiger partial charge in [-0.2, -0.15) is 0 Å². The molecule has 0 radical (unpaired) electrons. The van der Waals surface area contributed by atoms with Crippen molar-refractivity contribution in [2.75, 3.05) is 19.8 Å². The number of carbonyl (C=O) groups is 2. The van der Waals surface area contributed by atoms with Crippen molar-refractivity contribution >= 4 is 11.9 Å². The van der Waals surface area contributed by atoms with Crippen LogP contribution in [0.5, 0.6) is 0 Å². The van der Waals surface area contributed by atoms with Gasteiger partial charge in [0.25, 0.3) is 0 Å². The topological polar surface area (TPSA) is 152 Å². The number of esters is 2. The van der Waals surface area contributed by atoms with Gasteiger partial charge in [-0.3, -0.25) is 9.59 Å². The lowest BCUT2D eigenvalue weighted by atomic mass is 9.99. The van der Waals surface area contributed by atoms with Crippen molar-refractivity contribution in [3.8, 4) is 0 Å². The summed E-state index contributed by atoms with van der Waals surface area (Å²) < 4.78 is 22.1. The lowest BCUT2D eigenvalue weighted by molar-refractivity contribution is -0.305. The minimum absolute atomic E-state index is 0.223. The van der Waals surface area contributed by atoms with E-state index < -0.39 is 55.4 Å². The number of unbranched alkanes of at least 4 members (excludes halogenated alkanes) is 24. The summed E-state index contributed by atoms with van der Waals surface area (Å²) in [4.78, 5) is 25.3. The fourth-order valence-electron chi connectivity index (χ4n) is 6.83. The molecule has 1 aliphatic heterocycles. The number of rotatable bonds is 37. The number of aliphatic hydroxyl groups is 4. The Bertz CT molecular complexity index is 897. The predicted molar refractivity (Wildman–Crippen MR) is 215 cm³/mol. The van der Waals surface area contributed by atoms with E-state index in [1.54, 1.807) is 0 Å². The van der Waals surface area contributed by atoms with Gasteiger partial charge < -0.3 is 39.4 Å². The zero-order valence-electron chi connectivity index (χ0n) is 34.5. The van der Waals surface area contributed by atoms with Crippen molar-refractivity contribution in [1.29, 1.82) is 0 Å². The average Bonchev–Trinajstić information content (AvgIpc) is 3.17. The van der Waals surface area contributed by atoms with Crippen LogP contribution in [0.25, 0.3) is 0 Å². The third-order valence-corrected chi connectivity index (χ3v) is 10.4. The Balaban J connectivity index is 2.34. The van der Waals surface area contributed by atoms with E-state index in [1.807, 2.05) is 0 Å². The Kier molecular flexibility index (Phi) is 33.5. The molecule has 2 unspecified atom stereocenters. The Hall–Kier alpha value is -1.56. The van der Waals surface area contributed by atoms with Crippen LogP contribution < -0.4 is 0 Å². The van der Waals surface area contributed by atoms with Gasteiger partial charge in [-0.05, 0) is 38.5 Å². The van der Waals surface area contributed by atoms with Crippen LogP contribution in [0.3, 0.4) is 0 Å². The molecule has 1 rings (SSSR count). The first-order valence-electron chi connectivity index (χ1n) is 22.3. The van der Waals surface area contributed by atoms with Gasteiger partial charge in [0.05, 0.1) is 13.2 Å². The van der Waals surface area contributed by atoms with Gasteiger partial charge in [0.15, 0.2) is 12.4 Å². The van der Waals surface area contributed by atoms with E-state index in [0.29, 0.717) is 12.8 Å². The summed E-state index contributed by atoms with van der Waals surface area (Å²) in [6, 6.07) is 0. The maximum atomic E-state index is 12.7. The summed E-state index contributed by atoms with van der Waals surface area (Å²) in [5, 5.41) is 40.0. The van der Waals surface area contributed by atoms with Crippen molar-refractivity contribution < 1.29 is 49.0 Å². The highest BCUT2D eigenvalue weighted by atomic mass is 16.7. The second-order valence-corrected chi connectivity index (χ2v) is 15.5. The summed E-state index contributed by atoms with van der Waals surface area (Å²) in [6.07, 6.45) is 29.3. The van der Waals surface area contributed by atoms with Crippen molar-refractivity contribution in [1.82, 2.24) is 0 Å². The smallest absolute Gasteiger partial charge is 0.306 e. The first-order valence-corrected chi connectivity index (χ1v) is 22.3. The van der Waals surface area contributed by atoms with E-state index >= 15 is 0 Å². The van der Waals surface area contributed by atoms with E-state index in [-0.39, 0.29) is 26.1 Å². The second-order valence-electron chi connectivity index (χ2n) is 15.5. The summed E-state index contributed by atoms with van der Waals surface area (Å²) >= 11 is 0. The summed E-state index contributed by atoms with van der Waals surface area (Å²) in [5.41, 5.74) is 0. The summed E-state index contributed by atoms with van der Waals surface area (Å²) in [7, 11) is 0. The zero-order chi connectivity index (χ0) is 39.5. The van der Waals surface area contributed by atoms with Crippen LogP contribution in [0.2, 0.25) is 0 Å². The van der Waals surface area contributed by atoms with Crippen molar-refractivity contribution in [2.45, 2.75) is 237 Å².